The number of carbonyl (C=O) groups is 1. The molecule has 0 fully saturated rings. The van der Waals surface area contributed by atoms with E-state index in [4.69, 9.17) is 9.66 Å². The third-order valence-electron chi connectivity index (χ3n) is 1.60. The number of hydrogen-bond acceptors (Lipinski definition) is 3. The number of rotatable bonds is 3. The van der Waals surface area contributed by atoms with Crippen molar-refractivity contribution in [3.05, 3.63) is 66.4 Å². The van der Waals surface area contributed by atoms with Crippen molar-refractivity contribution >= 4 is 22.2 Å². The molecule has 0 radical (unpaired) electrons. The fraction of sp³-hybridized carbons (Fsp3) is 0. The van der Waals surface area contributed by atoms with Crippen LogP contribution in [0.4, 0.5) is 13.2 Å². The van der Waals surface area contributed by atoms with Crippen LogP contribution in [0.5, 0.6) is 0 Å². The molecule has 0 aromatic heterocycles. The van der Waals surface area contributed by atoms with E-state index in [1.165, 1.54) is 5.56 Å². The Labute approximate surface area is 125 Å². The van der Waals surface area contributed by atoms with Gasteiger partial charge in [-0.15, -0.1) is 0 Å². The standard InChI is InChI=1S/C8H8.C3HF3O2.C2H4O3S/c1-2-8-6-4-3-5-7-8;4-1(2(5)6)3(7)8;1-2-6(3,4)5/h2-7H,1H2;(H,7,8);2H,1H2,(H,3,4,5). The lowest BCUT2D eigenvalue weighted by atomic mass is 10.2. The highest BCUT2D eigenvalue weighted by atomic mass is 32.2. The fourth-order valence-corrected chi connectivity index (χ4v) is 0.670. The maximum Gasteiger partial charge on any atom is 0.370 e. The summed E-state index contributed by atoms with van der Waals surface area (Å²) in [6, 6.07) is 10.0. The van der Waals surface area contributed by atoms with Crippen molar-refractivity contribution in [2.45, 2.75) is 0 Å². The Morgan fingerprint density at radius 3 is 1.64 bits per heavy atom. The third kappa shape index (κ3) is 14.0. The van der Waals surface area contributed by atoms with Crippen LogP contribution in [-0.4, -0.2) is 24.0 Å². The van der Waals surface area contributed by atoms with Gasteiger partial charge in [0.2, 0.25) is 0 Å². The van der Waals surface area contributed by atoms with Gasteiger partial charge < -0.3 is 5.11 Å². The Hall–Kier alpha value is -2.39. The Morgan fingerprint density at radius 2 is 1.50 bits per heavy atom. The van der Waals surface area contributed by atoms with Gasteiger partial charge in [0.15, 0.2) is 0 Å². The minimum Gasteiger partial charge on any atom is -0.476 e. The third-order valence-corrected chi connectivity index (χ3v) is 2.02. The molecule has 1 rings (SSSR count). The van der Waals surface area contributed by atoms with Gasteiger partial charge in [0.05, 0.1) is 5.41 Å². The van der Waals surface area contributed by atoms with E-state index in [0.717, 1.165) is 0 Å². The summed E-state index contributed by atoms with van der Waals surface area (Å²) in [5, 5.41) is 7.90. The highest BCUT2D eigenvalue weighted by Crippen LogP contribution is 2.07. The average molecular weight is 338 g/mol. The van der Waals surface area contributed by atoms with Gasteiger partial charge in [0.1, 0.15) is 0 Å². The van der Waals surface area contributed by atoms with Crippen molar-refractivity contribution in [1.29, 1.82) is 0 Å². The highest BCUT2D eigenvalue weighted by molar-refractivity contribution is 7.88. The molecule has 0 heterocycles. The van der Waals surface area contributed by atoms with Crippen molar-refractivity contribution in [3.8, 4) is 0 Å². The monoisotopic (exact) mass is 338 g/mol. The first-order valence-corrected chi connectivity index (χ1v) is 6.77. The number of carboxylic acids is 1. The molecule has 0 spiro atoms. The van der Waals surface area contributed by atoms with E-state index >= 15 is 0 Å². The largest absolute Gasteiger partial charge is 0.476 e. The first-order valence-electron chi connectivity index (χ1n) is 5.26. The molecule has 0 bridgehead atoms. The van der Waals surface area contributed by atoms with Crippen LogP contribution in [0.15, 0.2) is 60.8 Å². The van der Waals surface area contributed by atoms with Gasteiger partial charge in [0.25, 0.3) is 15.9 Å². The molecule has 5 nitrogen and oxygen atoms in total. The molecule has 22 heavy (non-hydrogen) atoms. The lowest BCUT2D eigenvalue weighted by molar-refractivity contribution is -0.134. The maximum atomic E-state index is 11.2. The number of carboxylic acid groups (broad SMARTS) is 1. The molecular weight excluding hydrogens is 325 g/mol. The first-order chi connectivity index (χ1) is 10.0. The van der Waals surface area contributed by atoms with Crippen molar-refractivity contribution in [2.75, 3.05) is 0 Å². The molecule has 0 unspecified atom stereocenters. The predicted molar refractivity (Wildman–Crippen MR) is 76.3 cm³/mol. The van der Waals surface area contributed by atoms with Crippen LogP contribution in [0.1, 0.15) is 5.56 Å². The second-order valence-electron chi connectivity index (χ2n) is 3.18. The van der Waals surface area contributed by atoms with E-state index in [9.17, 15) is 26.4 Å². The summed E-state index contributed by atoms with van der Waals surface area (Å²) in [4.78, 5) is 9.23. The summed E-state index contributed by atoms with van der Waals surface area (Å²) in [5.74, 6) is -4.64. The fourth-order valence-electron chi connectivity index (χ4n) is 0.670. The number of aliphatic carboxylic acids is 1. The first kappa shape index (κ1) is 21.9. The Balaban J connectivity index is 0. The van der Waals surface area contributed by atoms with E-state index in [-0.39, 0.29) is 0 Å². The predicted octanol–water partition coefficient (Wildman–Crippen LogP) is 3.50. The molecule has 0 aliphatic rings. The second kappa shape index (κ2) is 11.3. The molecule has 0 saturated carbocycles. The molecule has 1 aromatic rings. The lowest BCUT2D eigenvalue weighted by Gasteiger charge is -1.85. The molecule has 0 atom stereocenters. The smallest absolute Gasteiger partial charge is 0.370 e. The molecule has 122 valence electrons. The number of benzene rings is 1. The molecule has 0 amide bonds. The topological polar surface area (TPSA) is 91.7 Å². The van der Waals surface area contributed by atoms with E-state index < -0.39 is 28.0 Å². The van der Waals surface area contributed by atoms with Crippen LogP contribution >= 0.6 is 0 Å². The van der Waals surface area contributed by atoms with Crippen LogP contribution < -0.4 is 0 Å². The van der Waals surface area contributed by atoms with Crippen LogP contribution in [-0.2, 0) is 14.9 Å². The minimum absolute atomic E-state index is 0.465. The SMILES string of the molecule is C=CS(=O)(=O)O.C=Cc1ccccc1.O=C(O)C(F)=C(F)F. The van der Waals surface area contributed by atoms with Gasteiger partial charge >= 0.3 is 12.0 Å². The van der Waals surface area contributed by atoms with E-state index in [1.807, 2.05) is 36.4 Å². The van der Waals surface area contributed by atoms with Crippen molar-refractivity contribution in [2.24, 2.45) is 0 Å². The van der Waals surface area contributed by atoms with Gasteiger partial charge in [-0.2, -0.15) is 21.6 Å². The maximum absolute atomic E-state index is 11.2. The van der Waals surface area contributed by atoms with E-state index in [2.05, 4.69) is 13.2 Å². The van der Waals surface area contributed by atoms with Crippen LogP contribution in [0.3, 0.4) is 0 Å². The van der Waals surface area contributed by atoms with Gasteiger partial charge in [-0.3, -0.25) is 4.55 Å². The number of halogens is 3. The van der Waals surface area contributed by atoms with Crippen molar-refractivity contribution in [1.82, 2.24) is 0 Å². The molecule has 0 aliphatic carbocycles. The average Bonchev–Trinajstić information content (AvgIpc) is 2.47. The lowest BCUT2D eigenvalue weighted by Crippen LogP contribution is -1.94. The second-order valence-corrected chi connectivity index (χ2v) is 4.54. The van der Waals surface area contributed by atoms with Gasteiger partial charge in [-0.25, -0.2) is 4.79 Å². The minimum atomic E-state index is -3.90. The molecule has 9 heteroatoms. The quantitative estimate of drug-likeness (QED) is 0.650. The van der Waals surface area contributed by atoms with Crippen molar-refractivity contribution < 1.29 is 36.0 Å². The van der Waals surface area contributed by atoms with E-state index in [0.29, 0.717) is 5.41 Å². The zero-order valence-corrected chi connectivity index (χ0v) is 11.9. The number of hydrogen-bond donors (Lipinski definition) is 2. The summed E-state index contributed by atoms with van der Waals surface area (Å²) in [6.07, 6.45) is -0.975. The van der Waals surface area contributed by atoms with Gasteiger partial charge in [-0.1, -0.05) is 49.6 Å². The summed E-state index contributed by atoms with van der Waals surface area (Å²) >= 11 is 0. The molecule has 0 aliphatic heterocycles. The summed E-state index contributed by atoms with van der Waals surface area (Å²) < 4.78 is 59.3. The van der Waals surface area contributed by atoms with Crippen LogP contribution in [0.2, 0.25) is 0 Å². The van der Waals surface area contributed by atoms with Crippen molar-refractivity contribution in [3.63, 3.8) is 0 Å². The summed E-state index contributed by atoms with van der Waals surface area (Å²) in [7, 11) is -3.90. The van der Waals surface area contributed by atoms with Crippen LogP contribution in [0, 0.1) is 0 Å². The summed E-state index contributed by atoms with van der Waals surface area (Å²) in [6.45, 7) is 6.42. The molecule has 1 aromatic carbocycles. The zero-order chi connectivity index (χ0) is 17.8. The molecule has 0 saturated heterocycles. The normalized spacial score (nSPS) is 9.09. The zero-order valence-electron chi connectivity index (χ0n) is 11.1. The molecule has 2 N–H and O–H groups in total. The summed E-state index contributed by atoms with van der Waals surface area (Å²) in [5.41, 5.74) is 1.17. The highest BCUT2D eigenvalue weighted by Gasteiger charge is 2.12. The Kier molecular flexibility index (Phi) is 11.2. The van der Waals surface area contributed by atoms with Gasteiger partial charge in [-0.05, 0) is 5.56 Å². The van der Waals surface area contributed by atoms with Crippen LogP contribution in [0.25, 0.3) is 6.08 Å². The van der Waals surface area contributed by atoms with E-state index in [1.54, 1.807) is 0 Å². The molecular formula is C13H13F3O5S. The van der Waals surface area contributed by atoms with Gasteiger partial charge in [0, 0.05) is 0 Å². The Morgan fingerprint density at radius 1 is 1.09 bits per heavy atom. The Bertz CT molecular complexity index is 609.